The maximum absolute atomic E-state index is 12.4. The number of amides is 1. The lowest BCUT2D eigenvalue weighted by Crippen LogP contribution is -2.42. The zero-order chi connectivity index (χ0) is 15.4. The Bertz CT molecular complexity index is 504. The lowest BCUT2D eigenvalue weighted by molar-refractivity contribution is -0.122. The molecule has 1 amide bonds. The molecule has 0 unspecified atom stereocenters. The number of aryl methyl sites for hydroxylation is 1. The van der Waals surface area contributed by atoms with Crippen LogP contribution in [0.5, 0.6) is 0 Å². The van der Waals surface area contributed by atoms with Crippen LogP contribution >= 0.6 is 0 Å². The summed E-state index contributed by atoms with van der Waals surface area (Å²) >= 11 is 0. The smallest absolute Gasteiger partial charge is 0.290 e. The zero-order valence-electron chi connectivity index (χ0n) is 12.2. The summed E-state index contributed by atoms with van der Waals surface area (Å²) in [6.45, 7) is 4.21. The van der Waals surface area contributed by atoms with Crippen LogP contribution in [-0.2, 0) is 4.79 Å². The van der Waals surface area contributed by atoms with Crippen molar-refractivity contribution in [2.24, 2.45) is 5.92 Å². The van der Waals surface area contributed by atoms with Gasteiger partial charge in [-0.05, 0) is 37.9 Å². The molecule has 1 aromatic rings. The average Bonchev–Trinajstić information content (AvgIpc) is 2.69. The molecule has 2 atom stereocenters. The third-order valence-corrected chi connectivity index (χ3v) is 4.13. The lowest BCUT2D eigenvalue weighted by Gasteiger charge is -2.32. The molecule has 1 N–H and O–H groups in total. The highest BCUT2D eigenvalue weighted by atomic mass is 16.6. The number of hydrogen-bond acceptors (Lipinski definition) is 6. The van der Waals surface area contributed by atoms with E-state index in [0.717, 1.165) is 19.6 Å². The summed E-state index contributed by atoms with van der Waals surface area (Å²) in [4.78, 5) is 25.1. The fraction of sp³-hybridized carbons (Fsp3) is 0.692. The second kappa shape index (κ2) is 6.66. The first-order valence-corrected chi connectivity index (χ1v) is 6.93. The Morgan fingerprint density at radius 1 is 1.33 bits per heavy atom. The Hall–Kier alpha value is -1.96. The van der Waals surface area contributed by atoms with E-state index >= 15 is 0 Å². The summed E-state index contributed by atoms with van der Waals surface area (Å²) in [7, 11) is 2.15. The van der Waals surface area contributed by atoms with Crippen LogP contribution in [0.15, 0.2) is 4.63 Å². The van der Waals surface area contributed by atoms with Crippen molar-refractivity contribution < 1.29 is 19.3 Å². The minimum atomic E-state index is -0.250. The second-order valence-corrected chi connectivity index (χ2v) is 5.55. The highest BCUT2D eigenvalue weighted by molar-refractivity contribution is 5.93. The maximum Gasteiger partial charge on any atom is 0.290 e. The van der Waals surface area contributed by atoms with Gasteiger partial charge in [0.05, 0.1) is 0 Å². The third-order valence-electron chi connectivity index (χ3n) is 4.13. The van der Waals surface area contributed by atoms with E-state index in [1.165, 1.54) is 12.8 Å². The van der Waals surface area contributed by atoms with E-state index < -0.39 is 0 Å². The number of hydrogen-bond donors (Lipinski definition) is 1. The van der Waals surface area contributed by atoms with Crippen molar-refractivity contribution in [1.82, 2.24) is 20.1 Å². The Kier molecular flexibility index (Phi) is 4.89. The Morgan fingerprint density at radius 3 is 2.62 bits per heavy atom. The monoisotopic (exact) mass is 296 g/mol. The van der Waals surface area contributed by atoms with Gasteiger partial charge in [-0.15, -0.1) is 0 Å². The molecule has 3 aliphatic heterocycles. The van der Waals surface area contributed by atoms with Crippen LogP contribution in [0.2, 0.25) is 0 Å². The standard InChI is InChI=1S/C12H18N4O2.CH2O2/c1-8-11(14-18-13-8)12(17)16-6-9-3-4-10(7-16)15(2)5-9;2-1-3/h9-10H,3-7H2,1-2H3;1H,(H,2,3)/t9-,10-;/m0./s1. The predicted molar refractivity (Wildman–Crippen MR) is 72.8 cm³/mol. The molecular weight excluding hydrogens is 276 g/mol. The van der Waals surface area contributed by atoms with Crippen LogP contribution in [0.3, 0.4) is 0 Å². The topological polar surface area (TPSA) is 99.8 Å². The van der Waals surface area contributed by atoms with Gasteiger partial charge in [-0.25, -0.2) is 4.63 Å². The Morgan fingerprint density at radius 2 is 2.05 bits per heavy atom. The van der Waals surface area contributed by atoms with Gasteiger partial charge in [0.1, 0.15) is 5.69 Å². The molecule has 21 heavy (non-hydrogen) atoms. The van der Waals surface area contributed by atoms with Crippen molar-refractivity contribution in [2.45, 2.75) is 25.8 Å². The van der Waals surface area contributed by atoms with Gasteiger partial charge in [-0.2, -0.15) is 0 Å². The molecule has 4 rings (SSSR count). The van der Waals surface area contributed by atoms with Gasteiger partial charge >= 0.3 is 0 Å². The van der Waals surface area contributed by atoms with E-state index in [4.69, 9.17) is 9.90 Å². The quantitative estimate of drug-likeness (QED) is 0.741. The summed E-state index contributed by atoms with van der Waals surface area (Å²) in [5.41, 5.74) is 0.934. The zero-order valence-corrected chi connectivity index (χ0v) is 12.2. The summed E-state index contributed by atoms with van der Waals surface area (Å²) < 4.78 is 4.62. The summed E-state index contributed by atoms with van der Waals surface area (Å²) in [5, 5.41) is 14.3. The molecule has 8 nitrogen and oxygen atoms in total. The van der Waals surface area contributed by atoms with Crippen LogP contribution in [0.4, 0.5) is 0 Å². The summed E-state index contributed by atoms with van der Waals surface area (Å²) in [6.07, 6.45) is 2.40. The molecule has 0 aromatic carbocycles. The van der Waals surface area contributed by atoms with Crippen LogP contribution in [0.25, 0.3) is 0 Å². The van der Waals surface area contributed by atoms with Crippen molar-refractivity contribution >= 4 is 12.4 Å². The molecule has 4 heterocycles. The van der Waals surface area contributed by atoms with E-state index in [-0.39, 0.29) is 12.4 Å². The van der Waals surface area contributed by atoms with Crippen molar-refractivity contribution in [3.05, 3.63) is 11.4 Å². The normalized spacial score (nSPS) is 25.0. The maximum atomic E-state index is 12.4. The summed E-state index contributed by atoms with van der Waals surface area (Å²) in [6, 6.07) is 0.480. The van der Waals surface area contributed by atoms with Crippen LogP contribution in [0, 0.1) is 12.8 Å². The number of fused-ring (bicyclic) bond motifs is 4. The molecule has 2 bridgehead atoms. The number of aromatic nitrogens is 2. The molecule has 116 valence electrons. The number of carboxylic acid groups (broad SMARTS) is 1. The molecule has 0 spiro atoms. The van der Waals surface area contributed by atoms with E-state index in [9.17, 15) is 4.79 Å². The van der Waals surface area contributed by atoms with Gasteiger partial charge in [0.25, 0.3) is 12.4 Å². The minimum Gasteiger partial charge on any atom is -0.483 e. The highest BCUT2D eigenvalue weighted by Crippen LogP contribution is 2.27. The van der Waals surface area contributed by atoms with Gasteiger partial charge in [0.2, 0.25) is 0 Å². The first-order chi connectivity index (χ1) is 10.1. The van der Waals surface area contributed by atoms with E-state index in [0.29, 0.717) is 23.3 Å². The van der Waals surface area contributed by atoms with E-state index in [1.54, 1.807) is 6.92 Å². The number of likely N-dealkylation sites (N-methyl/N-ethyl adjacent to an activating group) is 1. The van der Waals surface area contributed by atoms with Gasteiger partial charge < -0.3 is 14.9 Å². The first-order valence-electron chi connectivity index (χ1n) is 6.93. The summed E-state index contributed by atoms with van der Waals surface area (Å²) in [5.74, 6) is 0.541. The molecule has 0 aliphatic carbocycles. The highest BCUT2D eigenvalue weighted by Gasteiger charge is 2.36. The SMILES string of the molecule is Cc1nonc1C(=O)N1C[C@H]2CC[C@@H](C1)N(C)C2.O=CO. The fourth-order valence-corrected chi connectivity index (χ4v) is 3.06. The van der Waals surface area contributed by atoms with Gasteiger partial charge in [-0.1, -0.05) is 5.16 Å². The number of rotatable bonds is 1. The molecule has 3 aliphatic rings. The number of carbonyl (C=O) groups excluding carboxylic acids is 1. The van der Waals surface area contributed by atoms with E-state index in [2.05, 4.69) is 26.9 Å². The number of piperidine rings is 1. The fourth-order valence-electron chi connectivity index (χ4n) is 3.06. The second-order valence-electron chi connectivity index (χ2n) is 5.55. The number of carbonyl (C=O) groups is 2. The van der Waals surface area contributed by atoms with Crippen molar-refractivity contribution in [3.8, 4) is 0 Å². The molecule has 0 saturated carbocycles. The molecule has 3 fully saturated rings. The molecular formula is C13H20N4O4. The van der Waals surface area contributed by atoms with Gasteiger partial charge in [-0.3, -0.25) is 9.59 Å². The average molecular weight is 296 g/mol. The van der Waals surface area contributed by atoms with Crippen molar-refractivity contribution in [3.63, 3.8) is 0 Å². The lowest BCUT2D eigenvalue weighted by atomic mass is 9.96. The predicted octanol–water partition coefficient (Wildman–Crippen LogP) is 0.245. The molecule has 1 aromatic heterocycles. The minimum absolute atomic E-state index is 0.0408. The van der Waals surface area contributed by atoms with Crippen molar-refractivity contribution in [2.75, 3.05) is 26.7 Å². The largest absolute Gasteiger partial charge is 0.483 e. The van der Waals surface area contributed by atoms with Crippen LogP contribution < -0.4 is 0 Å². The third kappa shape index (κ3) is 3.38. The van der Waals surface area contributed by atoms with Gasteiger partial charge in [0.15, 0.2) is 5.69 Å². The Balaban J connectivity index is 0.000000497. The van der Waals surface area contributed by atoms with Gasteiger partial charge in [0, 0.05) is 25.7 Å². The van der Waals surface area contributed by atoms with Crippen molar-refractivity contribution in [1.29, 1.82) is 0 Å². The first kappa shape index (κ1) is 15.4. The molecule has 3 saturated heterocycles. The number of nitrogens with zero attached hydrogens (tertiary/aromatic N) is 4. The van der Waals surface area contributed by atoms with E-state index in [1.807, 2.05) is 4.90 Å². The molecule has 8 heteroatoms. The Labute approximate surface area is 122 Å². The van der Waals surface area contributed by atoms with Crippen LogP contribution in [0.1, 0.15) is 29.0 Å². The molecule has 0 radical (unpaired) electrons. The van der Waals surface area contributed by atoms with Crippen LogP contribution in [-0.4, -0.2) is 70.3 Å².